The normalized spacial score (nSPS) is 16.3. The second kappa shape index (κ2) is 7.74. The highest BCUT2D eigenvalue weighted by Gasteiger charge is 2.21. The van der Waals surface area contributed by atoms with E-state index in [1.165, 1.54) is 0 Å². The van der Waals surface area contributed by atoms with Crippen LogP contribution in [0.5, 0.6) is 0 Å². The van der Waals surface area contributed by atoms with E-state index in [9.17, 15) is 4.39 Å². The van der Waals surface area contributed by atoms with Crippen molar-refractivity contribution in [3.05, 3.63) is 48.0 Å². The molecule has 4 rings (SSSR count). The second-order valence-electron chi connectivity index (χ2n) is 7.20. The van der Waals surface area contributed by atoms with Crippen LogP contribution in [0.25, 0.3) is 22.2 Å². The SMILES string of the molecule is CCOCc1ccc(-c2cnc3c(cnn3C3CCN(C)CC3)c2)cc1F. The zero-order valence-corrected chi connectivity index (χ0v) is 15.9. The Labute approximate surface area is 158 Å². The molecule has 3 aromatic rings. The van der Waals surface area contributed by atoms with Gasteiger partial charge in [0.05, 0.1) is 18.8 Å². The lowest BCUT2D eigenvalue weighted by Gasteiger charge is -2.29. The molecule has 0 saturated carbocycles. The van der Waals surface area contributed by atoms with Crippen molar-refractivity contribution in [3.8, 4) is 11.1 Å². The molecule has 0 N–H and O–H groups in total. The van der Waals surface area contributed by atoms with Crippen molar-refractivity contribution in [2.75, 3.05) is 26.7 Å². The maximum absolute atomic E-state index is 14.3. The maximum atomic E-state index is 14.3. The summed E-state index contributed by atoms with van der Waals surface area (Å²) in [6, 6.07) is 7.69. The van der Waals surface area contributed by atoms with Crippen LogP contribution in [-0.2, 0) is 11.3 Å². The predicted octanol–water partition coefficient (Wildman–Crippen LogP) is 4.04. The van der Waals surface area contributed by atoms with Crippen molar-refractivity contribution in [3.63, 3.8) is 0 Å². The number of piperidine rings is 1. The molecule has 0 amide bonds. The summed E-state index contributed by atoms with van der Waals surface area (Å²) in [5.74, 6) is -0.247. The van der Waals surface area contributed by atoms with Crippen molar-refractivity contribution in [1.29, 1.82) is 0 Å². The Kier molecular flexibility index (Phi) is 5.18. The third-order valence-corrected chi connectivity index (χ3v) is 5.32. The molecular formula is C21H25FN4O. The first-order valence-corrected chi connectivity index (χ1v) is 9.54. The lowest BCUT2D eigenvalue weighted by Crippen LogP contribution is -2.31. The van der Waals surface area contributed by atoms with E-state index in [1.807, 2.05) is 31.5 Å². The molecule has 0 aliphatic carbocycles. The molecule has 1 saturated heterocycles. The van der Waals surface area contributed by atoms with Crippen molar-refractivity contribution in [2.24, 2.45) is 0 Å². The predicted molar refractivity (Wildman–Crippen MR) is 104 cm³/mol. The molecule has 27 heavy (non-hydrogen) atoms. The number of hydrogen-bond donors (Lipinski definition) is 0. The van der Waals surface area contributed by atoms with E-state index in [-0.39, 0.29) is 5.82 Å². The number of likely N-dealkylation sites (tertiary alicyclic amines) is 1. The Morgan fingerprint density at radius 2 is 1.96 bits per heavy atom. The Balaban J connectivity index is 1.60. The summed E-state index contributed by atoms with van der Waals surface area (Å²) in [6.07, 6.45) is 5.85. The number of nitrogens with zero attached hydrogens (tertiary/aromatic N) is 4. The molecular weight excluding hydrogens is 343 g/mol. The monoisotopic (exact) mass is 368 g/mol. The third-order valence-electron chi connectivity index (χ3n) is 5.32. The molecule has 0 radical (unpaired) electrons. The van der Waals surface area contributed by atoms with Crippen LogP contribution in [0.3, 0.4) is 0 Å². The van der Waals surface area contributed by atoms with Crippen LogP contribution in [0.1, 0.15) is 31.4 Å². The minimum atomic E-state index is -0.247. The van der Waals surface area contributed by atoms with E-state index in [0.29, 0.717) is 24.8 Å². The summed E-state index contributed by atoms with van der Waals surface area (Å²) in [5, 5.41) is 5.58. The smallest absolute Gasteiger partial charge is 0.158 e. The number of ether oxygens (including phenoxy) is 1. The van der Waals surface area contributed by atoms with Crippen molar-refractivity contribution < 1.29 is 9.13 Å². The van der Waals surface area contributed by atoms with Crippen LogP contribution >= 0.6 is 0 Å². The highest BCUT2D eigenvalue weighted by Crippen LogP contribution is 2.28. The highest BCUT2D eigenvalue weighted by atomic mass is 19.1. The number of pyridine rings is 1. The van der Waals surface area contributed by atoms with Crippen LogP contribution in [0.2, 0.25) is 0 Å². The summed E-state index contributed by atoms with van der Waals surface area (Å²) in [5.41, 5.74) is 3.19. The fraction of sp³-hybridized carbons (Fsp3) is 0.429. The first-order valence-electron chi connectivity index (χ1n) is 9.54. The largest absolute Gasteiger partial charge is 0.377 e. The van der Waals surface area contributed by atoms with Gasteiger partial charge in [0.25, 0.3) is 0 Å². The number of rotatable bonds is 5. The van der Waals surface area contributed by atoms with Crippen molar-refractivity contribution in [2.45, 2.75) is 32.4 Å². The number of halogens is 1. The van der Waals surface area contributed by atoms with Crippen LogP contribution in [0.15, 0.2) is 36.7 Å². The standard InChI is InChI=1S/C21H25FN4O/c1-3-27-14-16-5-4-15(11-20(16)22)17-10-18-13-24-26(21(18)23-12-17)19-6-8-25(2)9-7-19/h4-5,10-13,19H,3,6-9,14H2,1-2H3. The lowest BCUT2D eigenvalue weighted by molar-refractivity contribution is 0.131. The molecule has 1 aliphatic heterocycles. The Morgan fingerprint density at radius 3 is 2.70 bits per heavy atom. The number of aromatic nitrogens is 3. The van der Waals surface area contributed by atoms with Gasteiger partial charge in [-0.05, 0) is 57.6 Å². The van der Waals surface area contributed by atoms with Gasteiger partial charge < -0.3 is 9.64 Å². The van der Waals surface area contributed by atoms with Gasteiger partial charge >= 0.3 is 0 Å². The first-order chi connectivity index (χ1) is 13.2. The fourth-order valence-electron chi connectivity index (χ4n) is 3.66. The van der Waals surface area contributed by atoms with Gasteiger partial charge in [0, 0.05) is 29.3 Å². The van der Waals surface area contributed by atoms with E-state index in [4.69, 9.17) is 4.74 Å². The van der Waals surface area contributed by atoms with Crippen LogP contribution < -0.4 is 0 Å². The molecule has 1 fully saturated rings. The van der Waals surface area contributed by atoms with Crippen LogP contribution in [-0.4, -0.2) is 46.4 Å². The van der Waals surface area contributed by atoms with Crippen molar-refractivity contribution in [1.82, 2.24) is 19.7 Å². The van der Waals surface area contributed by atoms with Crippen molar-refractivity contribution >= 4 is 11.0 Å². The van der Waals surface area contributed by atoms with E-state index in [2.05, 4.69) is 26.7 Å². The second-order valence-corrected chi connectivity index (χ2v) is 7.20. The van der Waals surface area contributed by atoms with E-state index in [1.54, 1.807) is 12.1 Å². The highest BCUT2D eigenvalue weighted by molar-refractivity contribution is 5.81. The Hall–Kier alpha value is -2.31. The van der Waals surface area contributed by atoms with Gasteiger partial charge in [0.1, 0.15) is 5.82 Å². The van der Waals surface area contributed by atoms with Gasteiger partial charge in [-0.15, -0.1) is 0 Å². The molecule has 0 unspecified atom stereocenters. The van der Waals surface area contributed by atoms with Crippen LogP contribution in [0, 0.1) is 5.82 Å². The molecule has 0 atom stereocenters. The van der Waals surface area contributed by atoms with Gasteiger partial charge in [-0.1, -0.05) is 12.1 Å². The topological polar surface area (TPSA) is 43.2 Å². The quantitative estimate of drug-likeness (QED) is 0.682. The molecule has 0 bridgehead atoms. The average Bonchev–Trinajstić information content (AvgIpc) is 3.11. The summed E-state index contributed by atoms with van der Waals surface area (Å²) in [6.45, 7) is 4.93. The maximum Gasteiger partial charge on any atom is 0.158 e. The lowest BCUT2D eigenvalue weighted by atomic mass is 10.0. The van der Waals surface area contributed by atoms with Crippen LogP contribution in [0.4, 0.5) is 4.39 Å². The number of fused-ring (bicyclic) bond motifs is 1. The van der Waals surface area contributed by atoms with Gasteiger partial charge in [-0.2, -0.15) is 5.10 Å². The number of hydrogen-bond acceptors (Lipinski definition) is 4. The Morgan fingerprint density at radius 1 is 1.15 bits per heavy atom. The fourth-order valence-corrected chi connectivity index (χ4v) is 3.66. The van der Waals surface area contributed by atoms with Gasteiger partial charge in [-0.25, -0.2) is 14.1 Å². The van der Waals surface area contributed by atoms with Gasteiger partial charge in [0.2, 0.25) is 0 Å². The number of benzene rings is 1. The molecule has 0 spiro atoms. The molecule has 1 aromatic carbocycles. The van der Waals surface area contributed by atoms with Gasteiger partial charge in [-0.3, -0.25) is 0 Å². The minimum absolute atomic E-state index is 0.247. The summed E-state index contributed by atoms with van der Waals surface area (Å²) < 4.78 is 21.7. The third kappa shape index (κ3) is 3.73. The van der Waals surface area contributed by atoms with E-state index < -0.39 is 0 Å². The van der Waals surface area contributed by atoms with E-state index >= 15 is 0 Å². The first kappa shape index (κ1) is 18.1. The zero-order chi connectivity index (χ0) is 18.8. The molecule has 3 heterocycles. The Bertz CT molecular complexity index is 931. The summed E-state index contributed by atoms with van der Waals surface area (Å²) in [7, 11) is 2.15. The summed E-state index contributed by atoms with van der Waals surface area (Å²) >= 11 is 0. The molecule has 2 aromatic heterocycles. The summed E-state index contributed by atoms with van der Waals surface area (Å²) in [4.78, 5) is 7.00. The minimum Gasteiger partial charge on any atom is -0.377 e. The van der Waals surface area contributed by atoms with Gasteiger partial charge in [0.15, 0.2) is 5.65 Å². The molecule has 5 nitrogen and oxygen atoms in total. The van der Waals surface area contributed by atoms with E-state index in [0.717, 1.165) is 48.1 Å². The molecule has 6 heteroatoms. The average molecular weight is 368 g/mol. The molecule has 1 aliphatic rings. The zero-order valence-electron chi connectivity index (χ0n) is 15.9. The molecule has 142 valence electrons.